The van der Waals surface area contributed by atoms with Gasteiger partial charge in [-0.1, -0.05) is 49.0 Å². The van der Waals surface area contributed by atoms with Crippen LogP contribution in [0.2, 0.25) is 0 Å². The van der Waals surface area contributed by atoms with Crippen LogP contribution in [-0.4, -0.2) is 88.2 Å². The number of aryl methyl sites for hydroxylation is 2. The number of aliphatic hydroxyl groups excluding tert-OH is 1. The molecule has 0 spiro atoms. The molecule has 1 aromatic heterocycles. The number of amides is 1. The molecule has 0 atom stereocenters. The van der Waals surface area contributed by atoms with Crippen molar-refractivity contribution >= 4 is 17.3 Å². The van der Waals surface area contributed by atoms with Gasteiger partial charge in [0.25, 0.3) is 0 Å². The molecule has 0 unspecified atom stereocenters. The summed E-state index contributed by atoms with van der Waals surface area (Å²) in [7, 11) is 0. The second-order valence-electron chi connectivity index (χ2n) is 13.0. The highest BCUT2D eigenvalue weighted by Crippen LogP contribution is 2.36. The molecule has 3 heterocycles. The summed E-state index contributed by atoms with van der Waals surface area (Å²) in [5, 5.41) is 14.8. The normalized spacial score (nSPS) is 17.1. The van der Waals surface area contributed by atoms with Gasteiger partial charge in [0, 0.05) is 74.3 Å². The van der Waals surface area contributed by atoms with Crippen molar-refractivity contribution in [3.63, 3.8) is 0 Å². The van der Waals surface area contributed by atoms with Crippen LogP contribution in [0.5, 0.6) is 0 Å². The number of hydrogen-bond donors (Lipinski definition) is 3. The highest BCUT2D eigenvalue weighted by molar-refractivity contribution is 5.78. The number of carbonyl (C=O) groups is 1. The number of nitrogens with zero attached hydrogens (tertiary/aromatic N) is 5. The van der Waals surface area contributed by atoms with Crippen LogP contribution in [0.25, 0.3) is 5.70 Å². The summed E-state index contributed by atoms with van der Waals surface area (Å²) in [4.78, 5) is 28.7. The van der Waals surface area contributed by atoms with Gasteiger partial charge in [0.1, 0.15) is 6.33 Å². The molecular weight excluding hydrogens is 574 g/mol. The number of hydrogen-bond acceptors (Lipinski definition) is 8. The lowest BCUT2D eigenvalue weighted by Gasteiger charge is -2.51. The molecule has 2 aromatic carbocycles. The van der Waals surface area contributed by atoms with Gasteiger partial charge in [0.15, 0.2) is 0 Å². The summed E-state index contributed by atoms with van der Waals surface area (Å²) in [5.74, 6) is -0.0738. The minimum Gasteiger partial charge on any atom is -0.395 e. The first kappa shape index (κ1) is 33.6. The average molecular weight is 626 g/mol. The molecule has 46 heavy (non-hydrogen) atoms. The van der Waals surface area contributed by atoms with E-state index in [-0.39, 0.29) is 24.6 Å². The second kappa shape index (κ2) is 15.7. The first-order chi connectivity index (χ1) is 22.3. The predicted molar refractivity (Wildman–Crippen MR) is 185 cm³/mol. The van der Waals surface area contributed by atoms with Gasteiger partial charge in [0.05, 0.1) is 24.5 Å². The van der Waals surface area contributed by atoms with E-state index in [4.69, 9.17) is 5.11 Å². The van der Waals surface area contributed by atoms with Crippen LogP contribution in [0.3, 0.4) is 0 Å². The third kappa shape index (κ3) is 8.32. The van der Waals surface area contributed by atoms with E-state index in [2.05, 4.69) is 103 Å². The fourth-order valence-corrected chi connectivity index (χ4v) is 7.02. The Bertz CT molecular complexity index is 1410. The van der Waals surface area contributed by atoms with Crippen molar-refractivity contribution < 1.29 is 9.90 Å². The number of anilines is 1. The van der Waals surface area contributed by atoms with Crippen LogP contribution >= 0.6 is 0 Å². The summed E-state index contributed by atoms with van der Waals surface area (Å²) < 4.78 is 0. The number of carbonyl (C=O) groups excluding carboxylic acids is 1. The largest absolute Gasteiger partial charge is 0.395 e. The number of aromatic nitrogens is 2. The second-order valence-corrected chi connectivity index (χ2v) is 13.0. The Morgan fingerprint density at radius 1 is 0.978 bits per heavy atom. The fourth-order valence-electron chi connectivity index (χ4n) is 7.02. The summed E-state index contributed by atoms with van der Waals surface area (Å²) in [6.07, 6.45) is 6.12. The van der Waals surface area contributed by atoms with Crippen molar-refractivity contribution in [3.05, 3.63) is 95.6 Å². The lowest BCUT2D eigenvalue weighted by molar-refractivity contribution is -0.120. The summed E-state index contributed by atoms with van der Waals surface area (Å²) in [6, 6.07) is 19.8. The molecule has 1 amide bonds. The maximum absolute atomic E-state index is 12.1. The van der Waals surface area contributed by atoms with Gasteiger partial charge in [-0.3, -0.25) is 9.69 Å². The third-order valence-electron chi connectivity index (χ3n) is 9.93. The summed E-state index contributed by atoms with van der Waals surface area (Å²) in [5.41, 5.74) is 7.92. The van der Waals surface area contributed by atoms with Gasteiger partial charge in [-0.15, -0.1) is 0 Å². The lowest BCUT2D eigenvalue weighted by Crippen LogP contribution is -2.57. The smallest absolute Gasteiger partial charge is 0.234 e. The van der Waals surface area contributed by atoms with Crippen molar-refractivity contribution in [1.82, 2.24) is 30.4 Å². The van der Waals surface area contributed by atoms with E-state index in [1.807, 2.05) is 13.8 Å². The maximum atomic E-state index is 12.1. The Hall–Kier alpha value is -3.79. The molecule has 0 saturated carbocycles. The third-order valence-corrected chi connectivity index (χ3v) is 9.93. The predicted octanol–water partition coefficient (Wildman–Crippen LogP) is 4.29. The molecular formula is C37H51N7O2. The van der Waals surface area contributed by atoms with Crippen LogP contribution in [-0.2, 0) is 17.9 Å². The molecule has 3 aromatic rings. The summed E-state index contributed by atoms with van der Waals surface area (Å²) in [6.45, 7) is 17.2. The highest BCUT2D eigenvalue weighted by atomic mass is 16.3. The summed E-state index contributed by atoms with van der Waals surface area (Å²) >= 11 is 0. The number of likely N-dealkylation sites (tertiary alicyclic amines) is 2. The van der Waals surface area contributed by atoms with Crippen molar-refractivity contribution in [2.75, 3.05) is 50.8 Å². The zero-order valence-electron chi connectivity index (χ0n) is 27.8. The minimum atomic E-state index is -0.0738. The van der Waals surface area contributed by atoms with E-state index in [0.29, 0.717) is 19.1 Å². The Labute approximate surface area is 274 Å². The molecule has 2 fully saturated rings. The van der Waals surface area contributed by atoms with E-state index in [9.17, 15) is 4.79 Å². The molecule has 2 saturated heterocycles. The van der Waals surface area contributed by atoms with Crippen molar-refractivity contribution in [2.24, 2.45) is 0 Å². The monoisotopic (exact) mass is 625 g/mol. The van der Waals surface area contributed by atoms with E-state index in [1.165, 1.54) is 11.3 Å². The molecule has 9 nitrogen and oxygen atoms in total. The molecule has 246 valence electrons. The van der Waals surface area contributed by atoms with E-state index < -0.39 is 0 Å². The number of nitrogens with one attached hydrogen (secondary N) is 2. The Balaban J connectivity index is 1.19. The van der Waals surface area contributed by atoms with Crippen molar-refractivity contribution in [3.8, 4) is 0 Å². The lowest BCUT2D eigenvalue weighted by atomic mass is 9.85. The molecule has 3 N–H and O–H groups in total. The van der Waals surface area contributed by atoms with Crippen LogP contribution in [0.15, 0.2) is 67.5 Å². The van der Waals surface area contributed by atoms with Gasteiger partial charge in [-0.2, -0.15) is 0 Å². The van der Waals surface area contributed by atoms with Gasteiger partial charge >= 0.3 is 0 Å². The van der Waals surface area contributed by atoms with Gasteiger partial charge in [0.2, 0.25) is 5.91 Å². The van der Waals surface area contributed by atoms with Crippen molar-refractivity contribution in [2.45, 2.75) is 71.1 Å². The van der Waals surface area contributed by atoms with Crippen LogP contribution in [0, 0.1) is 13.8 Å². The molecule has 2 aliphatic rings. The topological polar surface area (TPSA) is 96.9 Å². The highest BCUT2D eigenvalue weighted by Gasteiger charge is 2.39. The molecule has 0 bridgehead atoms. The molecule has 5 rings (SSSR count). The number of aliphatic hydroxyl groups is 1. The Morgan fingerprint density at radius 2 is 1.63 bits per heavy atom. The van der Waals surface area contributed by atoms with Crippen LogP contribution in [0.4, 0.5) is 5.69 Å². The van der Waals surface area contributed by atoms with Gasteiger partial charge in [-0.25, -0.2) is 9.97 Å². The zero-order chi connectivity index (χ0) is 32.5. The number of benzene rings is 2. The molecule has 0 aliphatic carbocycles. The SMILES string of the molecule is C=C(c1c(C)ncnc1C)N1CCC(C)(N2CCC(N(Cc3ccccc3)c3ccc(CNC(=O)CNCCO)cc3)CC2)CC1. The van der Waals surface area contributed by atoms with Gasteiger partial charge in [-0.05, 0) is 69.7 Å². The number of piperidine rings is 2. The van der Waals surface area contributed by atoms with Crippen molar-refractivity contribution in [1.29, 1.82) is 0 Å². The average Bonchev–Trinajstić information content (AvgIpc) is 3.07. The van der Waals surface area contributed by atoms with Crippen LogP contribution in [0.1, 0.15) is 60.7 Å². The quantitative estimate of drug-likeness (QED) is 0.242. The molecule has 2 aliphatic heterocycles. The first-order valence-corrected chi connectivity index (χ1v) is 16.7. The first-order valence-electron chi connectivity index (χ1n) is 16.7. The molecule has 0 radical (unpaired) electrons. The van der Waals surface area contributed by atoms with E-state index in [0.717, 1.165) is 86.6 Å². The zero-order valence-corrected chi connectivity index (χ0v) is 27.8. The standard InChI is InChI=1S/C37H51N7O2/c1-28-36(29(2)41-27-40-28)30(3)42-21-16-37(4,17-22-42)43-19-14-34(15-20-43)44(26-32-8-6-5-7-9-32)33-12-10-31(11-13-33)24-39-35(46)25-38-18-23-45/h5-13,27,34,38,45H,3,14-26H2,1-2,4H3,(H,39,46). The fraction of sp³-hybridized carbons (Fsp3) is 0.486. The Kier molecular flexibility index (Phi) is 11.4. The minimum absolute atomic E-state index is 0.0208. The van der Waals surface area contributed by atoms with E-state index in [1.54, 1.807) is 6.33 Å². The van der Waals surface area contributed by atoms with E-state index >= 15 is 0 Å². The number of rotatable bonds is 13. The Morgan fingerprint density at radius 3 is 2.26 bits per heavy atom. The van der Waals surface area contributed by atoms with Crippen LogP contribution < -0.4 is 15.5 Å². The van der Waals surface area contributed by atoms with Gasteiger partial charge < -0.3 is 25.5 Å². The maximum Gasteiger partial charge on any atom is 0.234 e. The molecule has 9 heteroatoms.